The maximum Gasteiger partial charge on any atom is 0.255 e. The van der Waals surface area contributed by atoms with E-state index in [1.54, 1.807) is 0 Å². The fourth-order valence-electron chi connectivity index (χ4n) is 0.734. The Balaban J connectivity index is 2.53. The van der Waals surface area contributed by atoms with Crippen molar-refractivity contribution in [2.24, 2.45) is 5.73 Å². The van der Waals surface area contributed by atoms with E-state index >= 15 is 0 Å². The van der Waals surface area contributed by atoms with Crippen molar-refractivity contribution in [3.8, 4) is 0 Å². The fraction of sp³-hybridized carbons (Fsp3) is 0.800. The van der Waals surface area contributed by atoms with Crippen LogP contribution in [0.15, 0.2) is 0 Å². The molecule has 0 aromatic rings. The van der Waals surface area contributed by atoms with Gasteiger partial charge in [-0.2, -0.15) is 0 Å². The molecule has 0 aromatic heterocycles. The van der Waals surface area contributed by atoms with Crippen LogP contribution in [0.5, 0.6) is 0 Å². The second-order valence-corrected chi connectivity index (χ2v) is 2.18. The molecule has 0 saturated heterocycles. The molecule has 3 heteroatoms. The molecular weight excluding hydrogens is 109 g/mol. The van der Waals surface area contributed by atoms with Crippen molar-refractivity contribution in [3.63, 3.8) is 0 Å². The van der Waals surface area contributed by atoms with Gasteiger partial charge in [-0.3, -0.25) is 4.79 Å². The number of carbonyl (C=O) groups is 1. The summed E-state index contributed by atoms with van der Waals surface area (Å²) in [6.07, 6.45) is 1.43. The predicted octanol–water partition coefficient (Wildman–Crippen LogP) is 0.364. The van der Waals surface area contributed by atoms with Gasteiger partial charge in [0.1, 0.15) is 0 Å². The number of nitrogens with two attached hydrogens (primary N) is 1. The molecule has 8 heavy (non-hydrogen) atoms. The highest BCUT2D eigenvalue weighted by Gasteiger charge is 2.42. The molecule has 0 atom stereocenters. The standard InChI is InChI=1S/C5H8FNO/c6-5(4(7)8)2-1-3-5/h1-3H2,(H2,7,8). The van der Waals surface area contributed by atoms with E-state index in [0.717, 1.165) is 6.42 Å². The average molecular weight is 117 g/mol. The summed E-state index contributed by atoms with van der Waals surface area (Å²) in [6.45, 7) is 0. The van der Waals surface area contributed by atoms with Crippen molar-refractivity contribution in [2.45, 2.75) is 24.9 Å². The zero-order valence-electron chi connectivity index (χ0n) is 4.48. The first-order valence-corrected chi connectivity index (χ1v) is 2.64. The Bertz CT molecular complexity index is 120. The van der Waals surface area contributed by atoms with E-state index in [1.165, 1.54) is 0 Å². The van der Waals surface area contributed by atoms with Gasteiger partial charge in [0.15, 0.2) is 5.67 Å². The van der Waals surface area contributed by atoms with E-state index in [-0.39, 0.29) is 0 Å². The van der Waals surface area contributed by atoms with E-state index < -0.39 is 11.6 Å². The molecule has 0 radical (unpaired) electrons. The highest BCUT2D eigenvalue weighted by Crippen LogP contribution is 2.34. The second kappa shape index (κ2) is 1.44. The smallest absolute Gasteiger partial charge is 0.255 e. The number of halogens is 1. The normalized spacial score (nSPS) is 24.1. The topological polar surface area (TPSA) is 43.1 Å². The van der Waals surface area contributed by atoms with Crippen LogP contribution in [0.1, 0.15) is 19.3 Å². The van der Waals surface area contributed by atoms with E-state index in [4.69, 9.17) is 5.73 Å². The number of carbonyl (C=O) groups excluding carboxylic acids is 1. The largest absolute Gasteiger partial charge is 0.367 e. The average Bonchev–Trinajstić information content (AvgIpc) is 1.60. The minimum absolute atomic E-state index is 0.322. The molecule has 0 aliphatic heterocycles. The van der Waals surface area contributed by atoms with Crippen LogP contribution in [-0.2, 0) is 4.79 Å². The van der Waals surface area contributed by atoms with Gasteiger partial charge in [-0.15, -0.1) is 0 Å². The van der Waals surface area contributed by atoms with Crippen molar-refractivity contribution < 1.29 is 9.18 Å². The Morgan fingerprint density at radius 3 is 2.12 bits per heavy atom. The third-order valence-corrected chi connectivity index (χ3v) is 1.59. The van der Waals surface area contributed by atoms with Gasteiger partial charge in [0.2, 0.25) is 0 Å². The zero-order valence-corrected chi connectivity index (χ0v) is 4.48. The lowest BCUT2D eigenvalue weighted by molar-refractivity contribution is -0.134. The van der Waals surface area contributed by atoms with Crippen molar-refractivity contribution in [1.29, 1.82) is 0 Å². The summed E-state index contributed by atoms with van der Waals surface area (Å²) in [7, 11) is 0. The van der Waals surface area contributed by atoms with Gasteiger partial charge in [0.05, 0.1) is 0 Å². The van der Waals surface area contributed by atoms with Gasteiger partial charge in [0.25, 0.3) is 5.91 Å². The zero-order chi connectivity index (χ0) is 6.20. The Hall–Kier alpha value is -0.600. The first-order chi connectivity index (χ1) is 3.65. The van der Waals surface area contributed by atoms with E-state index in [2.05, 4.69) is 0 Å². The van der Waals surface area contributed by atoms with E-state index in [1.807, 2.05) is 0 Å². The molecule has 46 valence electrons. The Morgan fingerprint density at radius 1 is 1.62 bits per heavy atom. The van der Waals surface area contributed by atoms with Gasteiger partial charge in [-0.1, -0.05) is 0 Å². The van der Waals surface area contributed by atoms with Crippen LogP contribution in [0, 0.1) is 0 Å². The van der Waals surface area contributed by atoms with Gasteiger partial charge in [0, 0.05) is 0 Å². The summed E-state index contributed by atoms with van der Waals surface area (Å²) in [5.74, 6) is -0.802. The number of rotatable bonds is 1. The lowest BCUT2D eigenvalue weighted by Gasteiger charge is -2.29. The summed E-state index contributed by atoms with van der Waals surface area (Å²) in [5.41, 5.74) is 3.08. The van der Waals surface area contributed by atoms with Crippen molar-refractivity contribution >= 4 is 5.91 Å². The monoisotopic (exact) mass is 117 g/mol. The number of hydrogen-bond acceptors (Lipinski definition) is 1. The molecule has 1 aliphatic carbocycles. The molecule has 1 aliphatic rings. The molecule has 1 rings (SSSR count). The molecular formula is C5H8FNO. The Kier molecular flexibility index (Phi) is 0.994. The molecule has 2 nitrogen and oxygen atoms in total. The molecule has 0 heterocycles. The molecule has 1 amide bonds. The predicted molar refractivity (Wildman–Crippen MR) is 26.9 cm³/mol. The second-order valence-electron chi connectivity index (χ2n) is 2.18. The quantitative estimate of drug-likeness (QED) is 0.529. The van der Waals surface area contributed by atoms with Crippen molar-refractivity contribution in [2.75, 3.05) is 0 Å². The minimum atomic E-state index is -1.64. The highest BCUT2D eigenvalue weighted by molar-refractivity contribution is 5.84. The van der Waals surface area contributed by atoms with Crippen LogP contribution in [0.2, 0.25) is 0 Å². The maximum absolute atomic E-state index is 12.6. The highest BCUT2D eigenvalue weighted by atomic mass is 19.1. The Labute approximate surface area is 46.9 Å². The molecule has 2 N–H and O–H groups in total. The van der Waals surface area contributed by atoms with Gasteiger partial charge >= 0.3 is 0 Å². The number of hydrogen-bond donors (Lipinski definition) is 1. The summed E-state index contributed by atoms with van der Waals surface area (Å²) >= 11 is 0. The lowest BCUT2D eigenvalue weighted by atomic mass is 9.82. The Morgan fingerprint density at radius 2 is 2.12 bits per heavy atom. The molecule has 0 unspecified atom stereocenters. The number of primary amides is 1. The van der Waals surface area contributed by atoms with Crippen molar-refractivity contribution in [1.82, 2.24) is 0 Å². The molecule has 0 bridgehead atoms. The number of alkyl halides is 1. The van der Waals surface area contributed by atoms with E-state index in [9.17, 15) is 9.18 Å². The number of amides is 1. The van der Waals surface area contributed by atoms with Gasteiger partial charge in [-0.05, 0) is 19.3 Å². The SMILES string of the molecule is NC(=O)C1(F)CCC1. The van der Waals surface area contributed by atoms with Gasteiger partial charge in [-0.25, -0.2) is 4.39 Å². The van der Waals surface area contributed by atoms with Crippen LogP contribution in [0.3, 0.4) is 0 Å². The van der Waals surface area contributed by atoms with Crippen LogP contribution < -0.4 is 5.73 Å². The molecule has 1 saturated carbocycles. The third kappa shape index (κ3) is 0.582. The molecule has 0 aromatic carbocycles. The van der Waals surface area contributed by atoms with E-state index in [0.29, 0.717) is 12.8 Å². The molecule has 0 spiro atoms. The first-order valence-electron chi connectivity index (χ1n) is 2.64. The summed E-state index contributed by atoms with van der Waals surface area (Å²) < 4.78 is 12.6. The van der Waals surface area contributed by atoms with Crippen LogP contribution in [0.4, 0.5) is 4.39 Å². The maximum atomic E-state index is 12.6. The summed E-state index contributed by atoms with van der Waals surface area (Å²) in [4.78, 5) is 10.2. The summed E-state index contributed by atoms with van der Waals surface area (Å²) in [6, 6.07) is 0. The van der Waals surface area contributed by atoms with Crippen LogP contribution in [-0.4, -0.2) is 11.6 Å². The molecule has 1 fully saturated rings. The van der Waals surface area contributed by atoms with Crippen molar-refractivity contribution in [3.05, 3.63) is 0 Å². The first kappa shape index (κ1) is 5.54. The minimum Gasteiger partial charge on any atom is -0.367 e. The van der Waals surface area contributed by atoms with Crippen LogP contribution in [0.25, 0.3) is 0 Å². The fourth-order valence-corrected chi connectivity index (χ4v) is 0.734. The van der Waals surface area contributed by atoms with Gasteiger partial charge < -0.3 is 5.73 Å². The summed E-state index contributed by atoms with van der Waals surface area (Å²) in [5, 5.41) is 0. The third-order valence-electron chi connectivity index (χ3n) is 1.59. The lowest BCUT2D eigenvalue weighted by Crippen LogP contribution is -2.45. The van der Waals surface area contributed by atoms with Crippen LogP contribution >= 0.6 is 0 Å².